The Balaban J connectivity index is 2.60. The molecule has 0 aliphatic heterocycles. The van der Waals surface area contributed by atoms with Gasteiger partial charge in [-0.1, -0.05) is 12.3 Å². The zero-order valence-electron chi connectivity index (χ0n) is 8.17. The van der Waals surface area contributed by atoms with Gasteiger partial charge in [0, 0.05) is 12.0 Å². The highest BCUT2D eigenvalue weighted by atomic mass is 19.3. The number of carbonyl (C=O) groups is 1. The second kappa shape index (κ2) is 4.58. The van der Waals surface area contributed by atoms with E-state index in [1.807, 2.05) is 0 Å². The second-order valence-corrected chi connectivity index (χ2v) is 3.77. The van der Waals surface area contributed by atoms with E-state index in [2.05, 4.69) is 5.92 Å². The lowest BCUT2D eigenvalue weighted by Crippen LogP contribution is -2.28. The summed E-state index contributed by atoms with van der Waals surface area (Å²) in [6, 6.07) is -0.00324. The maximum Gasteiger partial charge on any atom is 0.402 e. The lowest BCUT2D eigenvalue weighted by Gasteiger charge is -2.22. The van der Waals surface area contributed by atoms with Gasteiger partial charge in [0.05, 0.1) is 0 Å². The highest BCUT2D eigenvalue weighted by Crippen LogP contribution is 2.23. The van der Waals surface area contributed by atoms with Crippen LogP contribution >= 0.6 is 0 Å². The van der Waals surface area contributed by atoms with Crippen molar-refractivity contribution in [1.29, 1.82) is 0 Å². The number of hydrogen-bond acceptors (Lipinski definition) is 2. The number of rotatable bonds is 1. The van der Waals surface area contributed by atoms with Crippen molar-refractivity contribution in [3.05, 3.63) is 0 Å². The average molecular weight is 217 g/mol. The van der Waals surface area contributed by atoms with Crippen LogP contribution in [0.2, 0.25) is 0 Å². The monoisotopic (exact) mass is 217 g/mol. The molecule has 1 aliphatic carbocycles. The van der Waals surface area contributed by atoms with Crippen molar-refractivity contribution < 1.29 is 18.7 Å². The molecule has 2 atom stereocenters. The van der Waals surface area contributed by atoms with Gasteiger partial charge in [0.15, 0.2) is 0 Å². The number of carboxylic acids is 1. The Morgan fingerprint density at radius 3 is 2.67 bits per heavy atom. The molecule has 1 rings (SSSR count). The zero-order valence-corrected chi connectivity index (χ0v) is 8.17. The standard InChI is InChI=1S/C10H13F2NO2/c11-10(12,9(14)15)5-4-7-2-1-3-8(13)6-7/h7-8H,1-3,6,13H2,(H,14,15). The van der Waals surface area contributed by atoms with Crippen molar-refractivity contribution >= 4 is 5.97 Å². The zero-order chi connectivity index (χ0) is 11.5. The van der Waals surface area contributed by atoms with Gasteiger partial charge in [-0.05, 0) is 25.2 Å². The van der Waals surface area contributed by atoms with Crippen LogP contribution in [0.1, 0.15) is 25.7 Å². The maximum absolute atomic E-state index is 12.6. The molecule has 0 aromatic heterocycles. The third kappa shape index (κ3) is 3.48. The molecule has 1 saturated carbocycles. The van der Waals surface area contributed by atoms with Crippen LogP contribution in [0.25, 0.3) is 0 Å². The third-order valence-electron chi connectivity index (χ3n) is 2.42. The highest BCUT2D eigenvalue weighted by molar-refractivity contribution is 5.79. The molecule has 0 spiro atoms. The molecule has 0 amide bonds. The van der Waals surface area contributed by atoms with E-state index in [4.69, 9.17) is 10.8 Å². The summed E-state index contributed by atoms with van der Waals surface area (Å²) in [5.74, 6) is -2.51. The first-order chi connectivity index (χ1) is 6.92. The number of carboxylic acid groups (broad SMARTS) is 1. The van der Waals surface area contributed by atoms with Crippen molar-refractivity contribution in [2.45, 2.75) is 37.6 Å². The first-order valence-corrected chi connectivity index (χ1v) is 4.81. The highest BCUT2D eigenvalue weighted by Gasteiger charge is 2.36. The largest absolute Gasteiger partial charge is 0.476 e. The van der Waals surface area contributed by atoms with Gasteiger partial charge in [-0.2, -0.15) is 8.78 Å². The van der Waals surface area contributed by atoms with Crippen LogP contribution in [0.5, 0.6) is 0 Å². The van der Waals surface area contributed by atoms with Gasteiger partial charge < -0.3 is 10.8 Å². The van der Waals surface area contributed by atoms with Gasteiger partial charge >= 0.3 is 11.9 Å². The fraction of sp³-hybridized carbons (Fsp3) is 0.700. The van der Waals surface area contributed by atoms with E-state index in [0.717, 1.165) is 19.3 Å². The number of halogens is 2. The molecule has 1 fully saturated rings. The van der Waals surface area contributed by atoms with Gasteiger partial charge in [-0.25, -0.2) is 4.79 Å². The minimum atomic E-state index is -3.94. The fourth-order valence-corrected chi connectivity index (χ4v) is 1.60. The van der Waals surface area contributed by atoms with Crippen molar-refractivity contribution in [2.24, 2.45) is 11.7 Å². The van der Waals surface area contributed by atoms with E-state index in [-0.39, 0.29) is 12.0 Å². The fourth-order valence-electron chi connectivity index (χ4n) is 1.60. The van der Waals surface area contributed by atoms with Crippen molar-refractivity contribution in [2.75, 3.05) is 0 Å². The van der Waals surface area contributed by atoms with Crippen LogP contribution in [-0.2, 0) is 4.79 Å². The number of nitrogens with two attached hydrogens (primary N) is 1. The summed E-state index contributed by atoms with van der Waals surface area (Å²) in [5.41, 5.74) is 5.65. The van der Waals surface area contributed by atoms with Crippen LogP contribution in [0.15, 0.2) is 0 Å². The number of hydrogen-bond donors (Lipinski definition) is 2. The topological polar surface area (TPSA) is 63.3 Å². The van der Waals surface area contributed by atoms with Crippen LogP contribution in [0.4, 0.5) is 8.78 Å². The molecular formula is C10H13F2NO2. The van der Waals surface area contributed by atoms with Gasteiger partial charge in [0.1, 0.15) is 0 Å². The van der Waals surface area contributed by atoms with Crippen molar-refractivity contribution in [3.8, 4) is 11.8 Å². The predicted octanol–water partition coefficient (Wildman–Crippen LogP) is 1.23. The van der Waals surface area contributed by atoms with Crippen molar-refractivity contribution in [1.82, 2.24) is 0 Å². The predicted molar refractivity (Wildman–Crippen MR) is 50.3 cm³/mol. The van der Waals surface area contributed by atoms with Gasteiger partial charge in [0.25, 0.3) is 0 Å². The summed E-state index contributed by atoms with van der Waals surface area (Å²) < 4.78 is 25.2. The second-order valence-electron chi connectivity index (χ2n) is 3.77. The van der Waals surface area contributed by atoms with Gasteiger partial charge in [-0.15, -0.1) is 0 Å². The Morgan fingerprint density at radius 2 is 2.13 bits per heavy atom. The summed E-state index contributed by atoms with van der Waals surface area (Å²) in [6.07, 6.45) is 3.03. The molecule has 3 nitrogen and oxygen atoms in total. The summed E-state index contributed by atoms with van der Waals surface area (Å²) in [7, 11) is 0. The molecule has 0 radical (unpaired) electrons. The Bertz CT molecular complexity index is 306. The molecular weight excluding hydrogens is 204 g/mol. The lowest BCUT2D eigenvalue weighted by atomic mass is 9.86. The Kier molecular flexibility index (Phi) is 3.64. The molecule has 0 aromatic rings. The minimum Gasteiger partial charge on any atom is -0.476 e. The SMILES string of the molecule is NC1CCCC(C#CC(F)(F)C(=O)O)C1. The smallest absolute Gasteiger partial charge is 0.402 e. The Morgan fingerprint density at radius 1 is 1.47 bits per heavy atom. The molecule has 15 heavy (non-hydrogen) atoms. The number of aliphatic carboxylic acids is 1. The summed E-state index contributed by atoms with van der Waals surface area (Å²) in [5, 5.41) is 8.15. The first kappa shape index (κ1) is 11.9. The normalized spacial score (nSPS) is 26.6. The van der Waals surface area contributed by atoms with E-state index >= 15 is 0 Å². The average Bonchev–Trinajstić information content (AvgIpc) is 2.15. The molecule has 0 bridgehead atoms. The number of alkyl halides is 2. The van der Waals surface area contributed by atoms with E-state index in [1.165, 1.54) is 5.92 Å². The minimum absolute atomic E-state index is 0.00324. The first-order valence-electron chi connectivity index (χ1n) is 4.81. The van der Waals surface area contributed by atoms with Crippen LogP contribution < -0.4 is 5.73 Å². The van der Waals surface area contributed by atoms with Crippen LogP contribution in [0.3, 0.4) is 0 Å². The lowest BCUT2D eigenvalue weighted by molar-refractivity contribution is -0.156. The quantitative estimate of drug-likeness (QED) is 0.649. The summed E-state index contributed by atoms with van der Waals surface area (Å²) in [6.45, 7) is 0. The maximum atomic E-state index is 12.6. The summed E-state index contributed by atoms with van der Waals surface area (Å²) >= 11 is 0. The molecule has 5 heteroatoms. The molecule has 2 unspecified atom stereocenters. The Labute approximate surface area is 86.6 Å². The van der Waals surface area contributed by atoms with E-state index in [1.54, 1.807) is 0 Å². The molecule has 1 aliphatic rings. The molecule has 3 N–H and O–H groups in total. The van der Waals surface area contributed by atoms with Crippen molar-refractivity contribution in [3.63, 3.8) is 0 Å². The third-order valence-corrected chi connectivity index (χ3v) is 2.42. The molecule has 0 heterocycles. The molecule has 0 saturated heterocycles. The van der Waals surface area contributed by atoms with E-state index in [9.17, 15) is 13.6 Å². The van der Waals surface area contributed by atoms with Crippen LogP contribution in [-0.4, -0.2) is 23.0 Å². The van der Waals surface area contributed by atoms with E-state index in [0.29, 0.717) is 6.42 Å². The van der Waals surface area contributed by atoms with Crippen LogP contribution in [0, 0.1) is 17.8 Å². The van der Waals surface area contributed by atoms with Gasteiger partial charge in [0.2, 0.25) is 0 Å². The molecule has 84 valence electrons. The Hall–Kier alpha value is -1.15. The summed E-state index contributed by atoms with van der Waals surface area (Å²) in [4.78, 5) is 10.1. The molecule has 0 aromatic carbocycles. The van der Waals surface area contributed by atoms with Gasteiger partial charge in [-0.3, -0.25) is 0 Å². The van der Waals surface area contributed by atoms with E-state index < -0.39 is 11.9 Å².